The van der Waals surface area contributed by atoms with Gasteiger partial charge in [0, 0.05) is 0 Å². The Morgan fingerprint density at radius 1 is 1.07 bits per heavy atom. The zero-order chi connectivity index (χ0) is 19.1. The zero-order valence-corrected chi connectivity index (χ0v) is 15.0. The smallest absolute Gasteiger partial charge is 0.344 e. The molecule has 0 saturated carbocycles. The van der Waals surface area contributed by atoms with Crippen LogP contribution in [-0.2, 0) is 14.3 Å². The van der Waals surface area contributed by atoms with E-state index in [9.17, 15) is 9.59 Å². The van der Waals surface area contributed by atoms with Gasteiger partial charge in [0.05, 0.1) is 6.54 Å². The molecule has 0 unspecified atom stereocenters. The van der Waals surface area contributed by atoms with Gasteiger partial charge in [-0.2, -0.15) is 0 Å². The fourth-order valence-electron chi connectivity index (χ4n) is 2.49. The molecule has 2 aromatic carbocycles. The van der Waals surface area contributed by atoms with E-state index in [0.717, 1.165) is 5.56 Å². The Labute approximate surface area is 157 Å². The summed E-state index contributed by atoms with van der Waals surface area (Å²) >= 11 is 0. The summed E-state index contributed by atoms with van der Waals surface area (Å²) in [6, 6.07) is 14.7. The van der Waals surface area contributed by atoms with Crippen LogP contribution in [0.4, 0.5) is 0 Å². The van der Waals surface area contributed by atoms with E-state index in [0.29, 0.717) is 23.9 Å². The summed E-state index contributed by atoms with van der Waals surface area (Å²) in [4.78, 5) is 23.5. The molecule has 1 atom stereocenters. The maximum atomic E-state index is 11.8. The largest absolute Gasteiger partial charge is 0.486 e. The number of hydrogen-bond donors (Lipinski definition) is 1. The predicted octanol–water partition coefficient (Wildman–Crippen LogP) is 1.87. The highest BCUT2D eigenvalue weighted by Gasteiger charge is 2.21. The molecule has 1 heterocycles. The molecule has 1 N–H and O–H groups in total. The molecule has 0 aromatic heterocycles. The molecular weight excluding hydrogens is 350 g/mol. The lowest BCUT2D eigenvalue weighted by Gasteiger charge is -2.26. The number of para-hydroxylation sites is 3. The third-order valence-corrected chi connectivity index (χ3v) is 3.90. The number of amides is 1. The molecule has 0 spiro atoms. The fraction of sp³-hybridized carbons (Fsp3) is 0.300. The van der Waals surface area contributed by atoms with Gasteiger partial charge in [-0.25, -0.2) is 4.79 Å². The minimum absolute atomic E-state index is 0.254. The van der Waals surface area contributed by atoms with Gasteiger partial charge in [0.1, 0.15) is 18.5 Å². The number of rotatable bonds is 7. The molecule has 1 amide bonds. The molecule has 0 fully saturated rings. The van der Waals surface area contributed by atoms with Crippen LogP contribution in [0.15, 0.2) is 48.5 Å². The van der Waals surface area contributed by atoms with Crippen molar-refractivity contribution in [2.45, 2.75) is 13.0 Å². The van der Waals surface area contributed by atoms with Crippen molar-refractivity contribution < 1.29 is 28.5 Å². The maximum absolute atomic E-state index is 11.8. The lowest BCUT2D eigenvalue weighted by atomic mass is 10.2. The van der Waals surface area contributed by atoms with Crippen molar-refractivity contribution in [3.63, 3.8) is 0 Å². The monoisotopic (exact) mass is 371 g/mol. The number of carbonyl (C=O) groups is 2. The van der Waals surface area contributed by atoms with E-state index in [1.807, 2.05) is 43.3 Å². The Hall–Kier alpha value is -3.22. The Morgan fingerprint density at radius 3 is 2.63 bits per heavy atom. The van der Waals surface area contributed by atoms with Gasteiger partial charge in [0.2, 0.25) is 0 Å². The molecule has 0 radical (unpaired) electrons. The van der Waals surface area contributed by atoms with Crippen LogP contribution >= 0.6 is 0 Å². The molecule has 7 heteroatoms. The SMILES string of the molecule is Cc1ccccc1OCC(=O)OCC(=O)NC[C@H]1COc2ccccc2O1. The van der Waals surface area contributed by atoms with Gasteiger partial charge in [-0.1, -0.05) is 30.3 Å². The summed E-state index contributed by atoms with van der Waals surface area (Å²) in [6.07, 6.45) is -0.302. The molecule has 0 saturated heterocycles. The number of fused-ring (bicyclic) bond motifs is 1. The van der Waals surface area contributed by atoms with Gasteiger partial charge in [-0.3, -0.25) is 4.79 Å². The molecule has 142 valence electrons. The molecule has 3 rings (SSSR count). The van der Waals surface area contributed by atoms with Crippen LogP contribution in [0.3, 0.4) is 0 Å². The van der Waals surface area contributed by atoms with Gasteiger partial charge in [0.25, 0.3) is 5.91 Å². The Kier molecular flexibility index (Phi) is 6.14. The topological polar surface area (TPSA) is 83.1 Å². The normalized spacial score (nSPS) is 14.9. The zero-order valence-electron chi connectivity index (χ0n) is 15.0. The minimum Gasteiger partial charge on any atom is -0.486 e. The van der Waals surface area contributed by atoms with Crippen molar-refractivity contribution in [1.82, 2.24) is 5.32 Å². The number of carbonyl (C=O) groups excluding carboxylic acids is 2. The summed E-state index contributed by atoms with van der Waals surface area (Å²) in [5.74, 6) is 0.903. The Bertz CT molecular complexity index is 807. The van der Waals surface area contributed by atoms with Crippen LogP contribution in [0.2, 0.25) is 0 Å². The third-order valence-electron chi connectivity index (χ3n) is 3.90. The highest BCUT2D eigenvalue weighted by atomic mass is 16.6. The first-order valence-corrected chi connectivity index (χ1v) is 8.61. The number of benzene rings is 2. The van der Waals surface area contributed by atoms with E-state index >= 15 is 0 Å². The Morgan fingerprint density at radius 2 is 1.81 bits per heavy atom. The van der Waals surface area contributed by atoms with Crippen LogP contribution in [0, 0.1) is 6.92 Å². The number of ether oxygens (including phenoxy) is 4. The van der Waals surface area contributed by atoms with E-state index < -0.39 is 11.9 Å². The maximum Gasteiger partial charge on any atom is 0.344 e. The van der Waals surface area contributed by atoms with Crippen molar-refractivity contribution in [2.75, 3.05) is 26.4 Å². The second-order valence-corrected chi connectivity index (χ2v) is 6.02. The predicted molar refractivity (Wildman–Crippen MR) is 97.0 cm³/mol. The van der Waals surface area contributed by atoms with Gasteiger partial charge < -0.3 is 24.3 Å². The first-order chi connectivity index (χ1) is 13.1. The van der Waals surface area contributed by atoms with E-state index in [1.54, 1.807) is 12.1 Å². The van der Waals surface area contributed by atoms with Crippen LogP contribution in [-0.4, -0.2) is 44.3 Å². The summed E-state index contributed by atoms with van der Waals surface area (Å²) < 4.78 is 21.6. The second-order valence-electron chi connectivity index (χ2n) is 6.02. The van der Waals surface area contributed by atoms with Crippen molar-refractivity contribution in [3.05, 3.63) is 54.1 Å². The molecule has 1 aliphatic rings. The number of aryl methyl sites for hydroxylation is 1. The van der Waals surface area contributed by atoms with Crippen molar-refractivity contribution in [1.29, 1.82) is 0 Å². The molecule has 0 bridgehead atoms. The molecule has 2 aromatic rings. The quantitative estimate of drug-likeness (QED) is 0.748. The number of hydrogen-bond acceptors (Lipinski definition) is 6. The van der Waals surface area contributed by atoms with E-state index in [-0.39, 0.29) is 25.9 Å². The highest BCUT2D eigenvalue weighted by molar-refractivity contribution is 5.80. The number of nitrogens with one attached hydrogen (secondary N) is 1. The van der Waals surface area contributed by atoms with E-state index in [4.69, 9.17) is 18.9 Å². The Balaban J connectivity index is 1.34. The van der Waals surface area contributed by atoms with Crippen molar-refractivity contribution >= 4 is 11.9 Å². The van der Waals surface area contributed by atoms with Gasteiger partial charge in [-0.05, 0) is 30.7 Å². The van der Waals surface area contributed by atoms with Crippen molar-refractivity contribution in [2.24, 2.45) is 0 Å². The summed E-state index contributed by atoms with van der Waals surface area (Å²) in [6.45, 7) is 1.84. The van der Waals surface area contributed by atoms with Crippen molar-refractivity contribution in [3.8, 4) is 17.2 Å². The molecular formula is C20H21NO6. The minimum atomic E-state index is -0.611. The van der Waals surface area contributed by atoms with Crippen LogP contribution in [0.1, 0.15) is 5.56 Å². The fourth-order valence-corrected chi connectivity index (χ4v) is 2.49. The van der Waals surface area contributed by atoms with E-state index in [1.165, 1.54) is 0 Å². The highest BCUT2D eigenvalue weighted by Crippen LogP contribution is 2.30. The van der Waals surface area contributed by atoms with Gasteiger partial charge >= 0.3 is 5.97 Å². The summed E-state index contributed by atoms with van der Waals surface area (Å²) in [5, 5.41) is 2.66. The standard InChI is InChI=1S/C20H21NO6/c1-14-6-2-3-7-16(14)25-13-20(23)26-12-19(22)21-10-15-11-24-17-8-4-5-9-18(17)27-15/h2-9,15H,10-13H2,1H3,(H,21,22)/t15-/m0/s1. The van der Waals surface area contributed by atoms with Crippen LogP contribution < -0.4 is 19.5 Å². The molecule has 27 heavy (non-hydrogen) atoms. The summed E-state index contributed by atoms with van der Waals surface area (Å²) in [7, 11) is 0. The van der Waals surface area contributed by atoms with E-state index in [2.05, 4.69) is 5.32 Å². The average Bonchev–Trinajstić information content (AvgIpc) is 2.70. The first-order valence-electron chi connectivity index (χ1n) is 8.61. The molecule has 7 nitrogen and oxygen atoms in total. The first kappa shape index (κ1) is 18.6. The number of esters is 1. The van der Waals surface area contributed by atoms with Gasteiger partial charge in [-0.15, -0.1) is 0 Å². The lowest BCUT2D eigenvalue weighted by molar-refractivity contribution is -0.150. The third kappa shape index (κ3) is 5.37. The van der Waals surface area contributed by atoms with Crippen LogP contribution in [0.5, 0.6) is 17.2 Å². The van der Waals surface area contributed by atoms with Gasteiger partial charge in [0.15, 0.2) is 24.7 Å². The summed E-state index contributed by atoms with van der Waals surface area (Å²) in [5.41, 5.74) is 0.916. The second kappa shape index (κ2) is 8.93. The lowest BCUT2D eigenvalue weighted by Crippen LogP contribution is -2.42. The average molecular weight is 371 g/mol. The molecule has 0 aliphatic carbocycles. The van der Waals surface area contributed by atoms with Crippen LogP contribution in [0.25, 0.3) is 0 Å². The molecule has 1 aliphatic heterocycles.